The third kappa shape index (κ3) is 3.88. The van der Waals surface area contributed by atoms with Crippen molar-refractivity contribution in [2.45, 2.75) is 26.8 Å². The van der Waals surface area contributed by atoms with Gasteiger partial charge in [0.05, 0.1) is 40.6 Å². The first-order valence-corrected chi connectivity index (χ1v) is 12.4. The number of aryl methyl sites for hydroxylation is 2. The molecule has 1 aliphatic rings. The third-order valence-electron chi connectivity index (χ3n) is 6.33. The minimum atomic E-state index is -1.08. The molecular weight excluding hydrogens is 508 g/mol. The lowest BCUT2D eigenvalue weighted by Crippen LogP contribution is -2.29. The van der Waals surface area contributed by atoms with Gasteiger partial charge in [0, 0.05) is 13.1 Å². The van der Waals surface area contributed by atoms with Crippen molar-refractivity contribution < 1.29 is 29.0 Å². The summed E-state index contributed by atoms with van der Waals surface area (Å²) >= 11 is 0.994. The first-order valence-electron chi connectivity index (χ1n) is 11.6. The average Bonchev–Trinajstić information content (AvgIpc) is 3.53. The fourth-order valence-corrected chi connectivity index (χ4v) is 5.59. The van der Waals surface area contributed by atoms with Gasteiger partial charge in [-0.1, -0.05) is 29.5 Å². The number of aliphatic hydroxyl groups is 1. The number of fused-ring (bicyclic) bond motifs is 1. The predicted molar refractivity (Wildman–Crippen MR) is 139 cm³/mol. The molecule has 3 aromatic heterocycles. The number of rotatable bonds is 5. The Balaban J connectivity index is 1.76. The van der Waals surface area contributed by atoms with Gasteiger partial charge in [-0.2, -0.15) is 0 Å². The smallest absolute Gasteiger partial charge is 0.337 e. The Hall–Kier alpha value is -4.64. The van der Waals surface area contributed by atoms with Gasteiger partial charge in [-0.15, -0.1) is 0 Å². The molecule has 1 amide bonds. The highest BCUT2D eigenvalue weighted by Gasteiger charge is 2.49. The number of amides is 1. The number of methoxy groups -OCH3 is 1. The minimum Gasteiger partial charge on any atom is -0.505 e. The molecule has 0 bridgehead atoms. The van der Waals surface area contributed by atoms with Gasteiger partial charge in [0.25, 0.3) is 5.78 Å². The molecule has 1 fully saturated rings. The summed E-state index contributed by atoms with van der Waals surface area (Å²) in [7, 11) is 1.26. The number of imidazole rings is 1. The molecule has 4 heterocycles. The maximum absolute atomic E-state index is 13.5. The van der Waals surface area contributed by atoms with Gasteiger partial charge in [-0.3, -0.25) is 23.7 Å². The molecule has 1 atom stereocenters. The number of ether oxygens (including phenoxy) is 1. The number of aliphatic hydroxyl groups excluding tert-OH is 1. The Morgan fingerprint density at radius 3 is 2.37 bits per heavy atom. The van der Waals surface area contributed by atoms with Crippen LogP contribution in [-0.4, -0.2) is 50.0 Å². The second-order valence-electron chi connectivity index (χ2n) is 8.72. The van der Waals surface area contributed by atoms with Crippen molar-refractivity contribution in [2.75, 3.05) is 12.0 Å². The highest BCUT2D eigenvalue weighted by Crippen LogP contribution is 2.44. The summed E-state index contributed by atoms with van der Waals surface area (Å²) in [5.41, 5.74) is 2.28. The van der Waals surface area contributed by atoms with Crippen molar-refractivity contribution in [3.8, 4) is 0 Å². The molecular formula is C27H22N4O6S. The SMILES string of the molecule is COC(=O)c1ccc(C2C(=C(O)c3c(C)nc4ccccn34)C(=O)C(=O)N2c2nc(C)c(C(C)=O)s2)cc1. The number of benzene rings is 1. The zero-order valence-corrected chi connectivity index (χ0v) is 21.7. The summed E-state index contributed by atoms with van der Waals surface area (Å²) in [6.07, 6.45) is 1.70. The van der Waals surface area contributed by atoms with Crippen LogP contribution < -0.4 is 4.90 Å². The van der Waals surface area contributed by atoms with E-state index in [1.165, 1.54) is 31.1 Å². The monoisotopic (exact) mass is 530 g/mol. The fraction of sp³-hybridized carbons (Fsp3) is 0.185. The van der Waals surface area contributed by atoms with Gasteiger partial charge in [0.1, 0.15) is 11.3 Å². The van der Waals surface area contributed by atoms with Crippen molar-refractivity contribution in [3.63, 3.8) is 0 Å². The minimum absolute atomic E-state index is 0.144. The third-order valence-corrected chi connectivity index (χ3v) is 7.59. The quantitative estimate of drug-likeness (QED) is 0.135. The Bertz CT molecular complexity index is 1680. The number of hydrogen-bond donors (Lipinski definition) is 1. The van der Waals surface area contributed by atoms with Crippen LogP contribution in [0.4, 0.5) is 5.13 Å². The maximum Gasteiger partial charge on any atom is 0.337 e. The van der Waals surface area contributed by atoms with Crippen LogP contribution in [0.15, 0.2) is 54.2 Å². The molecule has 1 saturated heterocycles. The lowest BCUT2D eigenvalue weighted by atomic mass is 9.95. The highest BCUT2D eigenvalue weighted by molar-refractivity contribution is 7.18. The molecule has 4 aromatic rings. The molecule has 11 heteroatoms. The molecule has 0 saturated carbocycles. The molecule has 1 aromatic carbocycles. The van der Waals surface area contributed by atoms with Crippen LogP contribution in [0.5, 0.6) is 0 Å². The molecule has 1 N–H and O–H groups in total. The Morgan fingerprint density at radius 1 is 1.03 bits per heavy atom. The Labute approximate surface area is 220 Å². The number of hydrogen-bond acceptors (Lipinski definition) is 9. The normalized spacial score (nSPS) is 16.8. The number of pyridine rings is 1. The van der Waals surface area contributed by atoms with E-state index in [0.29, 0.717) is 27.5 Å². The number of anilines is 1. The van der Waals surface area contributed by atoms with Gasteiger partial charge in [-0.25, -0.2) is 14.8 Å². The maximum atomic E-state index is 13.5. The van der Waals surface area contributed by atoms with Crippen LogP contribution in [0.1, 0.15) is 55.6 Å². The van der Waals surface area contributed by atoms with E-state index in [1.54, 1.807) is 54.8 Å². The molecule has 0 spiro atoms. The van der Waals surface area contributed by atoms with Gasteiger partial charge in [-0.05, 0) is 43.7 Å². The zero-order chi connectivity index (χ0) is 27.3. The molecule has 1 unspecified atom stereocenters. The number of esters is 1. The van der Waals surface area contributed by atoms with Crippen molar-refractivity contribution in [1.29, 1.82) is 0 Å². The molecule has 5 rings (SSSR count). The second kappa shape index (κ2) is 9.34. The largest absolute Gasteiger partial charge is 0.505 e. The number of carbonyl (C=O) groups is 4. The molecule has 0 aliphatic carbocycles. The number of Topliss-reactive ketones (excluding diaryl/α,β-unsaturated/α-hetero) is 2. The van der Waals surface area contributed by atoms with Crippen LogP contribution in [0.25, 0.3) is 11.4 Å². The Morgan fingerprint density at radius 2 is 1.74 bits per heavy atom. The van der Waals surface area contributed by atoms with E-state index in [2.05, 4.69) is 9.97 Å². The van der Waals surface area contributed by atoms with E-state index in [1.807, 2.05) is 0 Å². The Kier molecular flexibility index (Phi) is 6.15. The van der Waals surface area contributed by atoms with Crippen LogP contribution in [0.2, 0.25) is 0 Å². The van der Waals surface area contributed by atoms with Crippen molar-refractivity contribution in [3.05, 3.63) is 87.3 Å². The number of aromatic nitrogens is 3. The van der Waals surface area contributed by atoms with Gasteiger partial charge >= 0.3 is 11.9 Å². The first-order chi connectivity index (χ1) is 18.1. The van der Waals surface area contributed by atoms with Crippen LogP contribution in [0.3, 0.4) is 0 Å². The molecule has 1 aliphatic heterocycles. The summed E-state index contributed by atoms with van der Waals surface area (Å²) in [6, 6.07) is 10.4. The summed E-state index contributed by atoms with van der Waals surface area (Å²) in [5, 5.41) is 11.7. The zero-order valence-electron chi connectivity index (χ0n) is 20.9. The number of thiazole rings is 1. The number of ketones is 2. The lowest BCUT2D eigenvalue weighted by Gasteiger charge is -2.23. The lowest BCUT2D eigenvalue weighted by molar-refractivity contribution is -0.132. The van der Waals surface area contributed by atoms with Crippen molar-refractivity contribution >= 4 is 51.3 Å². The summed E-state index contributed by atoms with van der Waals surface area (Å²) < 4.78 is 6.41. The molecule has 0 radical (unpaired) electrons. The summed E-state index contributed by atoms with van der Waals surface area (Å²) in [6.45, 7) is 4.74. The van der Waals surface area contributed by atoms with Crippen LogP contribution in [-0.2, 0) is 14.3 Å². The van der Waals surface area contributed by atoms with E-state index in [0.717, 1.165) is 11.3 Å². The van der Waals surface area contributed by atoms with Crippen LogP contribution in [0, 0.1) is 13.8 Å². The summed E-state index contributed by atoms with van der Waals surface area (Å²) in [4.78, 5) is 61.5. The van der Waals surface area contributed by atoms with E-state index >= 15 is 0 Å². The predicted octanol–water partition coefficient (Wildman–Crippen LogP) is 4.02. The molecule has 192 valence electrons. The summed E-state index contributed by atoms with van der Waals surface area (Å²) in [5.74, 6) is -2.98. The van der Waals surface area contributed by atoms with E-state index < -0.39 is 29.5 Å². The highest BCUT2D eigenvalue weighted by atomic mass is 32.1. The topological polar surface area (TPSA) is 131 Å². The fourth-order valence-electron chi connectivity index (χ4n) is 4.60. The van der Waals surface area contributed by atoms with Gasteiger partial charge < -0.3 is 9.84 Å². The number of carbonyl (C=O) groups excluding carboxylic acids is 4. The number of nitrogens with zero attached hydrogens (tertiary/aromatic N) is 4. The second-order valence-corrected chi connectivity index (χ2v) is 9.70. The average molecular weight is 531 g/mol. The standard InChI is InChI=1S/C27H22N4O6S/c1-13-20(30-12-6-5-7-18(30)28-13)22(33)19-21(16-8-10-17(11-9-16)26(36)37-4)31(25(35)23(19)34)27-29-14(2)24(38-27)15(3)32/h5-12,21,33H,1-4H3. The van der Waals surface area contributed by atoms with E-state index in [-0.39, 0.29) is 27.7 Å². The van der Waals surface area contributed by atoms with Gasteiger partial charge in [0.2, 0.25) is 0 Å². The van der Waals surface area contributed by atoms with Crippen molar-refractivity contribution in [2.24, 2.45) is 0 Å². The molecule has 10 nitrogen and oxygen atoms in total. The van der Waals surface area contributed by atoms with E-state index in [4.69, 9.17) is 4.74 Å². The first kappa shape index (κ1) is 25.0. The van der Waals surface area contributed by atoms with Crippen molar-refractivity contribution in [1.82, 2.24) is 14.4 Å². The van der Waals surface area contributed by atoms with Gasteiger partial charge in [0.15, 0.2) is 16.7 Å². The molecule has 38 heavy (non-hydrogen) atoms. The van der Waals surface area contributed by atoms with E-state index in [9.17, 15) is 24.3 Å². The van der Waals surface area contributed by atoms with Crippen LogP contribution >= 0.6 is 11.3 Å².